The Bertz CT molecular complexity index is 1020. The number of anilines is 1. The Balaban J connectivity index is 0.00000408. The van der Waals surface area contributed by atoms with Crippen molar-refractivity contribution in [1.82, 2.24) is 4.57 Å². The minimum absolute atomic E-state index is 0. The van der Waals surface area contributed by atoms with Gasteiger partial charge in [0.1, 0.15) is 0 Å². The highest BCUT2D eigenvalue weighted by Gasteiger charge is 2.16. The molecule has 4 heteroatoms. The molecule has 0 bridgehead atoms. The fourth-order valence-electron chi connectivity index (χ4n) is 5.25. The lowest BCUT2D eigenvalue weighted by Gasteiger charge is -2.23. The van der Waals surface area contributed by atoms with Gasteiger partial charge in [-0.1, -0.05) is 96.1 Å². The summed E-state index contributed by atoms with van der Waals surface area (Å²) in [5.41, 5.74) is 10.8. The second kappa shape index (κ2) is 15.2. The lowest BCUT2D eigenvalue weighted by Crippen LogP contribution is -2.13. The van der Waals surface area contributed by atoms with Crippen molar-refractivity contribution in [2.75, 3.05) is 5.73 Å². The molecule has 188 valence electrons. The van der Waals surface area contributed by atoms with Crippen LogP contribution in [0.15, 0.2) is 36.4 Å². The van der Waals surface area contributed by atoms with Gasteiger partial charge >= 0.3 is 0 Å². The number of benzene rings is 2. The average Bonchev–Trinajstić information content (AvgIpc) is 2.81. The van der Waals surface area contributed by atoms with Crippen LogP contribution in [0, 0.1) is 5.41 Å². The summed E-state index contributed by atoms with van der Waals surface area (Å²) in [4.78, 5) is 0. The molecule has 0 radical (unpaired) electrons. The number of nitrogens with zero attached hydrogens (tertiary/aromatic N) is 1. The third-order valence-electron chi connectivity index (χ3n) is 7.09. The summed E-state index contributed by atoms with van der Waals surface area (Å²) in [5.74, 6) is 0. The second-order valence-electron chi connectivity index (χ2n) is 9.72. The number of halogens is 1. The van der Waals surface area contributed by atoms with Crippen LogP contribution in [0.4, 0.5) is 5.69 Å². The normalized spacial score (nSPS) is 11.2. The molecule has 0 amide bonds. The van der Waals surface area contributed by atoms with Gasteiger partial charge in [-0.2, -0.15) is 0 Å². The first kappa shape index (κ1) is 28.4. The minimum atomic E-state index is 0. The Hall–Kier alpha value is -1.81. The second-order valence-corrected chi connectivity index (χ2v) is 9.72. The molecule has 34 heavy (non-hydrogen) atoms. The molecule has 1 heterocycles. The van der Waals surface area contributed by atoms with Gasteiger partial charge in [0.25, 0.3) is 0 Å². The number of nitrogen functional groups attached to an aromatic ring is 1. The number of pyridine rings is 1. The molecule has 2 aliphatic rings. The highest BCUT2D eigenvalue weighted by Crippen LogP contribution is 2.35. The minimum Gasteiger partial charge on any atom is -0.399 e. The van der Waals surface area contributed by atoms with Crippen LogP contribution in [0.25, 0.3) is 22.0 Å². The van der Waals surface area contributed by atoms with E-state index in [1.165, 1.54) is 111 Å². The maximum Gasteiger partial charge on any atom is 0.0561 e. The highest BCUT2D eigenvalue weighted by molar-refractivity contribution is 8.93. The van der Waals surface area contributed by atoms with Crippen LogP contribution in [0.1, 0.15) is 103 Å². The van der Waals surface area contributed by atoms with Gasteiger partial charge in [0.05, 0.1) is 11.1 Å². The van der Waals surface area contributed by atoms with E-state index in [9.17, 15) is 0 Å². The molecule has 1 aliphatic heterocycles. The number of rotatable bonds is 15. The fraction of sp³-hybridized carbons (Fsp3) is 0.567. The quantitative estimate of drug-likeness (QED) is 0.115. The predicted molar refractivity (Wildman–Crippen MR) is 154 cm³/mol. The van der Waals surface area contributed by atoms with E-state index < -0.39 is 0 Å². The Kier molecular flexibility index (Phi) is 12.7. The third-order valence-corrected chi connectivity index (χ3v) is 7.09. The van der Waals surface area contributed by atoms with Crippen molar-refractivity contribution in [3.05, 3.63) is 47.4 Å². The topological polar surface area (TPSA) is 54.8 Å². The van der Waals surface area contributed by atoms with E-state index in [4.69, 9.17) is 11.1 Å². The van der Waals surface area contributed by atoms with Crippen LogP contribution in [0.2, 0.25) is 0 Å². The van der Waals surface area contributed by atoms with Crippen molar-refractivity contribution in [2.24, 2.45) is 0 Å². The Morgan fingerprint density at radius 2 is 1.29 bits per heavy atom. The first-order valence-corrected chi connectivity index (χ1v) is 13.5. The molecule has 0 aromatic heterocycles. The van der Waals surface area contributed by atoms with Gasteiger partial charge in [-0.15, -0.1) is 17.0 Å². The van der Waals surface area contributed by atoms with E-state index in [0.717, 1.165) is 18.7 Å². The van der Waals surface area contributed by atoms with E-state index in [1.54, 1.807) is 0 Å². The molecule has 0 spiro atoms. The Morgan fingerprint density at radius 3 is 1.88 bits per heavy atom. The third kappa shape index (κ3) is 7.86. The number of nitrogens with one attached hydrogen (secondary N) is 1. The smallest absolute Gasteiger partial charge is 0.0561 e. The Labute approximate surface area is 217 Å². The zero-order valence-electron chi connectivity index (χ0n) is 21.5. The summed E-state index contributed by atoms with van der Waals surface area (Å²) in [6, 6.07) is 12.3. The van der Waals surface area contributed by atoms with E-state index in [2.05, 4.69) is 36.6 Å². The van der Waals surface area contributed by atoms with Gasteiger partial charge in [0, 0.05) is 28.9 Å². The molecule has 0 saturated heterocycles. The summed E-state index contributed by atoms with van der Waals surface area (Å²) in [6.45, 7) is 5.41. The molecule has 0 unspecified atom stereocenters. The van der Waals surface area contributed by atoms with Gasteiger partial charge in [-0.3, -0.25) is 0 Å². The first-order chi connectivity index (χ1) is 16.2. The number of fused-ring (bicyclic) bond motifs is 3. The summed E-state index contributed by atoms with van der Waals surface area (Å²) < 4.78 is 2.41. The molecule has 1 aliphatic carbocycles. The van der Waals surface area contributed by atoms with E-state index in [-0.39, 0.29) is 17.0 Å². The molecule has 0 fully saturated rings. The molecule has 3 nitrogen and oxygen atoms in total. The standard InChI is InChI=1S/C30H45N3.BrH/c1-3-5-6-7-8-9-10-11-12-13-14-15-16-17-29-28-22-24(31)18-20-26(28)27-21-19-25(32)23-30(27)33(29)4-2;/h18-23,32H,3-17,31H2,1-2H3;1H. The van der Waals surface area contributed by atoms with Crippen molar-refractivity contribution < 1.29 is 0 Å². The average molecular weight is 529 g/mol. The molecule has 3 rings (SSSR count). The monoisotopic (exact) mass is 527 g/mol. The number of aryl methyl sites for hydroxylation is 1. The molecular formula is C30H46BrN3. The lowest BCUT2D eigenvalue weighted by molar-refractivity contribution is 0.537. The van der Waals surface area contributed by atoms with Crippen molar-refractivity contribution in [3.8, 4) is 11.3 Å². The van der Waals surface area contributed by atoms with Crippen LogP contribution in [0.3, 0.4) is 0 Å². The van der Waals surface area contributed by atoms with E-state index >= 15 is 0 Å². The number of nitrogens with two attached hydrogens (primary N) is 1. The van der Waals surface area contributed by atoms with Crippen molar-refractivity contribution in [1.29, 1.82) is 5.41 Å². The summed E-state index contributed by atoms with van der Waals surface area (Å²) >= 11 is 0. The lowest BCUT2D eigenvalue weighted by atomic mass is 9.95. The van der Waals surface area contributed by atoms with Crippen LogP contribution in [-0.2, 0) is 13.0 Å². The summed E-state index contributed by atoms with van der Waals surface area (Å²) in [7, 11) is 0. The zero-order valence-corrected chi connectivity index (χ0v) is 23.2. The van der Waals surface area contributed by atoms with Gasteiger partial charge in [0.2, 0.25) is 0 Å². The number of unbranched alkanes of at least 4 members (excludes halogenated alkanes) is 12. The molecule has 0 saturated carbocycles. The zero-order chi connectivity index (χ0) is 23.5. The Morgan fingerprint density at radius 1 is 0.706 bits per heavy atom. The number of hydrogen-bond acceptors (Lipinski definition) is 2. The van der Waals surface area contributed by atoms with E-state index in [0.29, 0.717) is 5.36 Å². The van der Waals surface area contributed by atoms with Crippen molar-refractivity contribution >= 4 is 33.4 Å². The van der Waals surface area contributed by atoms with Crippen LogP contribution >= 0.6 is 17.0 Å². The van der Waals surface area contributed by atoms with Gasteiger partial charge in [-0.25, -0.2) is 0 Å². The summed E-state index contributed by atoms with van der Waals surface area (Å²) in [5, 5.41) is 11.3. The molecule has 1 aromatic carbocycles. The largest absolute Gasteiger partial charge is 0.399 e. The van der Waals surface area contributed by atoms with Gasteiger partial charge in [-0.05, 0) is 49.4 Å². The summed E-state index contributed by atoms with van der Waals surface area (Å²) in [6.07, 6.45) is 19.0. The van der Waals surface area contributed by atoms with Gasteiger partial charge in [0.15, 0.2) is 0 Å². The van der Waals surface area contributed by atoms with E-state index in [1.807, 2.05) is 18.2 Å². The van der Waals surface area contributed by atoms with Crippen LogP contribution in [0.5, 0.6) is 0 Å². The van der Waals surface area contributed by atoms with Crippen molar-refractivity contribution in [3.63, 3.8) is 0 Å². The van der Waals surface area contributed by atoms with Gasteiger partial charge < -0.3 is 15.7 Å². The predicted octanol–water partition coefficient (Wildman–Crippen LogP) is 9.04. The molecule has 0 atom stereocenters. The van der Waals surface area contributed by atoms with Crippen LogP contribution in [-0.4, -0.2) is 4.57 Å². The first-order valence-electron chi connectivity index (χ1n) is 13.5. The maximum atomic E-state index is 8.14. The highest BCUT2D eigenvalue weighted by atomic mass is 79.9. The number of aromatic nitrogens is 1. The molecular weight excluding hydrogens is 482 g/mol. The van der Waals surface area contributed by atoms with Crippen molar-refractivity contribution in [2.45, 2.75) is 110 Å². The van der Waals surface area contributed by atoms with Crippen LogP contribution < -0.4 is 11.1 Å². The number of hydrogen-bond donors (Lipinski definition) is 2. The fourth-order valence-corrected chi connectivity index (χ4v) is 5.25. The molecule has 3 N–H and O–H groups in total. The molecule has 1 aromatic rings. The SMILES string of the molecule is Br.CCCCCCCCCCCCCCCc1c2cc(N)ccc2c2ccc(=N)cc-2n1CC. The maximum absolute atomic E-state index is 8.14.